The van der Waals surface area contributed by atoms with E-state index in [1.165, 1.54) is 11.1 Å². The molecule has 0 spiro atoms. The van der Waals surface area contributed by atoms with Crippen molar-refractivity contribution in [2.24, 2.45) is 5.73 Å². The van der Waals surface area contributed by atoms with Crippen LogP contribution >= 0.6 is 0 Å². The zero-order valence-electron chi connectivity index (χ0n) is 13.8. The summed E-state index contributed by atoms with van der Waals surface area (Å²) >= 11 is 0. The molecule has 2 atom stereocenters. The number of hydrogen-bond donors (Lipinski definition) is 4. The van der Waals surface area contributed by atoms with Gasteiger partial charge in [0.2, 0.25) is 5.71 Å². The molecule has 3 rings (SSSR count). The number of alkyl halides is 3. The van der Waals surface area contributed by atoms with Gasteiger partial charge in [-0.25, -0.2) is 9.78 Å². The molecule has 1 aliphatic heterocycles. The van der Waals surface area contributed by atoms with Crippen LogP contribution < -0.4 is 16.4 Å². The molecule has 2 aromatic heterocycles. The predicted molar refractivity (Wildman–Crippen MR) is 86.4 cm³/mol. The van der Waals surface area contributed by atoms with Gasteiger partial charge in [0.1, 0.15) is 0 Å². The van der Waals surface area contributed by atoms with E-state index in [2.05, 4.69) is 10.3 Å². The number of halogens is 3. The highest BCUT2D eigenvalue weighted by Crippen LogP contribution is 2.32. The number of carbonyl (C=O) groups excluding carboxylic acids is 2. The number of carbonyl (C=O) groups is 2. The number of rotatable bonds is 3. The molecule has 1 unspecified atom stereocenters. The number of amides is 3. The Morgan fingerprint density at radius 1 is 1.44 bits per heavy atom. The standard InChI is InChI=1S/C15H16F3N5O4/c16-15(17,18)13(25)21-7-3-5-23(6-7)14(26)22-9-8-2-1-4-20-12(8)27-10(9)11(19)24/h1-2,4,7,11,24H,3,5-6,19H2,(H,21,25)(H,22,26)/t7-,11?/m0/s1. The van der Waals surface area contributed by atoms with E-state index in [9.17, 15) is 27.9 Å². The molecule has 0 radical (unpaired) electrons. The second kappa shape index (κ2) is 7.04. The second-order valence-electron chi connectivity index (χ2n) is 5.98. The van der Waals surface area contributed by atoms with Crippen LogP contribution in [0, 0.1) is 0 Å². The Bertz CT molecular complexity index is 867. The zero-order valence-corrected chi connectivity index (χ0v) is 13.8. The van der Waals surface area contributed by atoms with Crippen molar-refractivity contribution in [1.82, 2.24) is 15.2 Å². The number of aromatic nitrogens is 1. The van der Waals surface area contributed by atoms with Gasteiger partial charge < -0.3 is 25.1 Å². The van der Waals surface area contributed by atoms with E-state index in [0.717, 1.165) is 0 Å². The van der Waals surface area contributed by atoms with Crippen molar-refractivity contribution in [2.45, 2.75) is 24.9 Å². The third-order valence-electron chi connectivity index (χ3n) is 4.06. The lowest BCUT2D eigenvalue weighted by Gasteiger charge is -2.18. The van der Waals surface area contributed by atoms with Gasteiger partial charge >= 0.3 is 18.1 Å². The number of aliphatic hydroxyl groups is 1. The normalized spacial score (nSPS) is 18.6. The molecular weight excluding hydrogens is 371 g/mol. The van der Waals surface area contributed by atoms with Crippen LogP contribution in [0.25, 0.3) is 11.1 Å². The van der Waals surface area contributed by atoms with Gasteiger partial charge in [0, 0.05) is 25.3 Å². The third-order valence-corrected chi connectivity index (χ3v) is 4.06. The summed E-state index contributed by atoms with van der Waals surface area (Å²) in [7, 11) is 0. The summed E-state index contributed by atoms with van der Waals surface area (Å²) in [6.07, 6.45) is -4.86. The third kappa shape index (κ3) is 3.95. The lowest BCUT2D eigenvalue weighted by Crippen LogP contribution is -2.45. The first-order valence-corrected chi connectivity index (χ1v) is 7.91. The van der Waals surface area contributed by atoms with Crippen molar-refractivity contribution in [3.05, 3.63) is 24.1 Å². The summed E-state index contributed by atoms with van der Waals surface area (Å²) in [5.41, 5.74) is 5.72. The highest BCUT2D eigenvalue weighted by molar-refractivity contribution is 6.00. The van der Waals surface area contributed by atoms with Gasteiger partial charge in [-0.05, 0) is 18.6 Å². The average molecular weight is 387 g/mol. The minimum absolute atomic E-state index is 0.0950. The Morgan fingerprint density at radius 2 is 2.19 bits per heavy atom. The van der Waals surface area contributed by atoms with E-state index < -0.39 is 30.4 Å². The van der Waals surface area contributed by atoms with Crippen LogP contribution in [0.15, 0.2) is 22.7 Å². The van der Waals surface area contributed by atoms with Crippen LogP contribution in [0.3, 0.4) is 0 Å². The fraction of sp³-hybridized carbons (Fsp3) is 0.400. The van der Waals surface area contributed by atoms with Crippen molar-refractivity contribution in [3.63, 3.8) is 0 Å². The SMILES string of the molecule is NC(O)c1oc2ncccc2c1NC(=O)N1CC[C@H](NC(=O)C(F)(F)F)C1. The number of pyridine rings is 1. The first-order chi connectivity index (χ1) is 12.7. The molecule has 0 bridgehead atoms. The molecule has 146 valence electrons. The van der Waals surface area contributed by atoms with Crippen molar-refractivity contribution < 1.29 is 32.3 Å². The molecule has 1 saturated heterocycles. The molecule has 5 N–H and O–H groups in total. The molecule has 3 amide bonds. The number of likely N-dealkylation sites (tertiary alicyclic amines) is 1. The zero-order chi connectivity index (χ0) is 19.8. The number of nitrogens with zero attached hydrogens (tertiary/aromatic N) is 2. The number of nitrogens with one attached hydrogen (secondary N) is 2. The Balaban J connectivity index is 1.71. The highest BCUT2D eigenvalue weighted by atomic mass is 19.4. The molecule has 3 heterocycles. The van der Waals surface area contributed by atoms with Crippen molar-refractivity contribution in [3.8, 4) is 0 Å². The minimum atomic E-state index is -4.98. The van der Waals surface area contributed by atoms with Crippen LogP contribution in [0.4, 0.5) is 23.7 Å². The Hall–Kier alpha value is -2.86. The van der Waals surface area contributed by atoms with E-state index in [4.69, 9.17) is 10.2 Å². The Morgan fingerprint density at radius 3 is 2.85 bits per heavy atom. The monoisotopic (exact) mass is 387 g/mol. The smallest absolute Gasteiger partial charge is 0.436 e. The van der Waals surface area contributed by atoms with E-state index in [-0.39, 0.29) is 36.7 Å². The summed E-state index contributed by atoms with van der Waals surface area (Å²) in [6.45, 7) is 0.0470. The number of urea groups is 1. The van der Waals surface area contributed by atoms with Gasteiger partial charge in [-0.3, -0.25) is 10.5 Å². The predicted octanol–water partition coefficient (Wildman–Crippen LogP) is 1.06. The van der Waals surface area contributed by atoms with E-state index in [0.29, 0.717) is 5.39 Å². The van der Waals surface area contributed by atoms with Crippen LogP contribution in [0.2, 0.25) is 0 Å². The summed E-state index contributed by atoms with van der Waals surface area (Å²) in [5.74, 6) is -2.15. The van der Waals surface area contributed by atoms with Gasteiger partial charge in [-0.1, -0.05) is 0 Å². The lowest BCUT2D eigenvalue weighted by atomic mass is 10.2. The van der Waals surface area contributed by atoms with Gasteiger partial charge in [0.25, 0.3) is 0 Å². The Kier molecular flexibility index (Phi) is 4.93. The number of aliphatic hydroxyl groups excluding tert-OH is 1. The maximum absolute atomic E-state index is 12.5. The number of furan rings is 1. The topological polar surface area (TPSA) is 134 Å². The maximum Gasteiger partial charge on any atom is 0.471 e. The van der Waals surface area contributed by atoms with E-state index >= 15 is 0 Å². The summed E-state index contributed by atoms with van der Waals surface area (Å²) in [5, 5.41) is 14.4. The van der Waals surface area contributed by atoms with Crippen molar-refractivity contribution in [2.75, 3.05) is 18.4 Å². The largest absolute Gasteiger partial charge is 0.471 e. The van der Waals surface area contributed by atoms with E-state index in [1.807, 2.05) is 5.32 Å². The van der Waals surface area contributed by atoms with Gasteiger partial charge in [-0.2, -0.15) is 13.2 Å². The fourth-order valence-electron chi connectivity index (χ4n) is 2.80. The first-order valence-electron chi connectivity index (χ1n) is 7.91. The van der Waals surface area contributed by atoms with Crippen LogP contribution in [0.5, 0.6) is 0 Å². The van der Waals surface area contributed by atoms with Crippen LogP contribution in [-0.2, 0) is 4.79 Å². The molecule has 1 aliphatic rings. The van der Waals surface area contributed by atoms with Crippen LogP contribution in [0.1, 0.15) is 18.4 Å². The number of fused-ring (bicyclic) bond motifs is 1. The second-order valence-corrected chi connectivity index (χ2v) is 5.98. The van der Waals surface area contributed by atoms with E-state index in [1.54, 1.807) is 12.1 Å². The Labute approximate surface area is 150 Å². The van der Waals surface area contributed by atoms with Crippen LogP contribution in [-0.4, -0.2) is 52.2 Å². The molecular formula is C15H16F3N5O4. The van der Waals surface area contributed by atoms with Gasteiger partial charge in [0.15, 0.2) is 12.0 Å². The molecule has 0 aromatic carbocycles. The molecule has 12 heteroatoms. The molecule has 2 aromatic rings. The summed E-state index contributed by atoms with van der Waals surface area (Å²) in [6, 6.07) is 1.75. The quantitative estimate of drug-likeness (QED) is 0.582. The average Bonchev–Trinajstić information content (AvgIpc) is 3.19. The molecule has 0 aliphatic carbocycles. The van der Waals surface area contributed by atoms with Crippen molar-refractivity contribution >= 4 is 28.7 Å². The summed E-state index contributed by atoms with van der Waals surface area (Å²) in [4.78, 5) is 28.7. The van der Waals surface area contributed by atoms with Gasteiger partial charge in [0.05, 0.1) is 11.1 Å². The van der Waals surface area contributed by atoms with Gasteiger partial charge in [-0.15, -0.1) is 0 Å². The fourth-order valence-corrected chi connectivity index (χ4v) is 2.80. The lowest BCUT2D eigenvalue weighted by molar-refractivity contribution is -0.174. The highest BCUT2D eigenvalue weighted by Gasteiger charge is 2.41. The number of hydrogen-bond acceptors (Lipinski definition) is 6. The number of anilines is 1. The van der Waals surface area contributed by atoms with Crippen molar-refractivity contribution in [1.29, 1.82) is 0 Å². The molecule has 27 heavy (non-hydrogen) atoms. The number of nitrogens with two attached hydrogens (primary N) is 1. The maximum atomic E-state index is 12.5. The molecule has 0 saturated carbocycles. The first kappa shape index (κ1) is 18.9. The molecule has 1 fully saturated rings. The molecule has 9 nitrogen and oxygen atoms in total. The minimum Gasteiger partial charge on any atom is -0.436 e. The summed E-state index contributed by atoms with van der Waals surface area (Å²) < 4.78 is 42.3.